The molecule has 1 fully saturated rings. The number of rotatable bonds is 4. The lowest BCUT2D eigenvalue weighted by molar-refractivity contribution is -0.121. The Balaban J connectivity index is 1.24. The minimum Gasteiger partial charge on any atom is -0.444 e. The average molecular weight is 511 g/mol. The third kappa shape index (κ3) is 5.37. The molecule has 0 atom stereocenters. The Morgan fingerprint density at radius 1 is 1.14 bits per heavy atom. The number of piperazine rings is 1. The Morgan fingerprint density at radius 3 is 2.69 bits per heavy atom. The number of halogens is 1. The van der Waals surface area contributed by atoms with E-state index >= 15 is 0 Å². The van der Waals surface area contributed by atoms with Gasteiger partial charge in [-0.15, -0.1) is 11.3 Å². The van der Waals surface area contributed by atoms with E-state index in [4.69, 9.17) is 4.74 Å². The van der Waals surface area contributed by atoms with E-state index in [1.54, 1.807) is 22.3 Å². The maximum absolute atomic E-state index is 13.1. The first-order chi connectivity index (χ1) is 17.2. The van der Waals surface area contributed by atoms with Gasteiger partial charge in [0.25, 0.3) is 0 Å². The Morgan fingerprint density at radius 2 is 1.97 bits per heavy atom. The molecule has 0 radical (unpaired) electrons. The second-order valence-electron chi connectivity index (χ2n) is 10.4. The quantitative estimate of drug-likeness (QED) is 0.513. The van der Waals surface area contributed by atoms with Crippen molar-refractivity contribution in [3.63, 3.8) is 0 Å². The second kappa shape index (κ2) is 9.78. The summed E-state index contributed by atoms with van der Waals surface area (Å²) in [5.41, 5.74) is 2.52. The summed E-state index contributed by atoms with van der Waals surface area (Å²) < 4.78 is 19.8. The van der Waals surface area contributed by atoms with E-state index in [2.05, 4.69) is 22.0 Å². The number of thiophene rings is 1. The largest absolute Gasteiger partial charge is 0.444 e. The fraction of sp³-hybridized carbons (Fsp3) is 0.444. The third-order valence-electron chi connectivity index (χ3n) is 6.56. The van der Waals surface area contributed by atoms with Crippen molar-refractivity contribution in [1.82, 2.24) is 14.8 Å². The molecule has 7 nitrogen and oxygen atoms in total. The summed E-state index contributed by atoms with van der Waals surface area (Å²) in [5, 5.41) is 1.21. The minimum absolute atomic E-state index is 0.0742. The van der Waals surface area contributed by atoms with Gasteiger partial charge >= 0.3 is 6.09 Å². The molecule has 2 aliphatic heterocycles. The number of aromatic nitrogens is 1. The van der Waals surface area contributed by atoms with Gasteiger partial charge < -0.3 is 14.5 Å². The van der Waals surface area contributed by atoms with E-state index in [9.17, 15) is 14.0 Å². The zero-order chi connectivity index (χ0) is 25.4. The first-order valence-electron chi connectivity index (χ1n) is 12.3. The van der Waals surface area contributed by atoms with Crippen LogP contribution in [-0.2, 0) is 28.9 Å². The molecule has 2 aromatic heterocycles. The van der Waals surface area contributed by atoms with Crippen LogP contribution in [0, 0.1) is 5.82 Å². The zero-order valence-corrected chi connectivity index (χ0v) is 21.7. The van der Waals surface area contributed by atoms with Crippen molar-refractivity contribution in [2.45, 2.75) is 45.8 Å². The van der Waals surface area contributed by atoms with Gasteiger partial charge in [0.2, 0.25) is 5.91 Å². The highest BCUT2D eigenvalue weighted by Gasteiger charge is 2.29. The highest BCUT2D eigenvalue weighted by atomic mass is 32.1. The van der Waals surface area contributed by atoms with Crippen molar-refractivity contribution in [1.29, 1.82) is 0 Å². The van der Waals surface area contributed by atoms with Crippen LogP contribution >= 0.6 is 11.3 Å². The lowest BCUT2D eigenvalue weighted by Gasteiger charge is -2.34. The van der Waals surface area contributed by atoms with Crippen LogP contribution in [0.3, 0.4) is 0 Å². The van der Waals surface area contributed by atoms with Gasteiger partial charge in [-0.2, -0.15) is 0 Å². The molecule has 2 amide bonds. The molecule has 1 saturated heterocycles. The van der Waals surface area contributed by atoms with Crippen LogP contribution in [0.4, 0.5) is 14.9 Å². The predicted octanol–water partition coefficient (Wildman–Crippen LogP) is 4.62. The first-order valence-corrected chi connectivity index (χ1v) is 13.1. The summed E-state index contributed by atoms with van der Waals surface area (Å²) in [6, 6.07) is 9.36. The highest BCUT2D eigenvalue weighted by molar-refractivity contribution is 7.19. The van der Waals surface area contributed by atoms with Gasteiger partial charge in [-0.3, -0.25) is 14.7 Å². The molecule has 190 valence electrons. The normalized spacial score (nSPS) is 16.9. The third-order valence-corrected chi connectivity index (χ3v) is 7.74. The van der Waals surface area contributed by atoms with Crippen LogP contribution in [0.5, 0.6) is 0 Å². The number of ether oxygens (including phenoxy) is 1. The topological polar surface area (TPSA) is 66.0 Å². The smallest absolute Gasteiger partial charge is 0.410 e. The van der Waals surface area contributed by atoms with Gasteiger partial charge in [0.05, 0.1) is 19.3 Å². The van der Waals surface area contributed by atoms with Crippen molar-refractivity contribution in [2.75, 3.05) is 37.6 Å². The Kier molecular flexibility index (Phi) is 6.70. The first kappa shape index (κ1) is 24.6. The van der Waals surface area contributed by atoms with Crippen LogP contribution in [0.15, 0.2) is 36.5 Å². The number of hydrogen-bond donors (Lipinski definition) is 0. The lowest BCUT2D eigenvalue weighted by atomic mass is 10.0. The summed E-state index contributed by atoms with van der Waals surface area (Å²) in [4.78, 5) is 36.6. The van der Waals surface area contributed by atoms with E-state index in [0.717, 1.165) is 29.0 Å². The van der Waals surface area contributed by atoms with Crippen molar-refractivity contribution in [2.24, 2.45) is 0 Å². The number of benzene rings is 1. The summed E-state index contributed by atoms with van der Waals surface area (Å²) in [7, 11) is 0. The molecule has 0 spiro atoms. The van der Waals surface area contributed by atoms with Gasteiger partial charge in [-0.1, -0.05) is 6.07 Å². The minimum atomic E-state index is -0.513. The number of amides is 2. The molecule has 1 aromatic carbocycles. The second-order valence-corrected chi connectivity index (χ2v) is 11.5. The molecule has 2 aliphatic rings. The number of hydrogen-bond acceptors (Lipinski definition) is 6. The predicted molar refractivity (Wildman–Crippen MR) is 139 cm³/mol. The summed E-state index contributed by atoms with van der Waals surface area (Å²) in [6.07, 6.45) is 2.44. The van der Waals surface area contributed by atoms with E-state index in [1.165, 1.54) is 28.1 Å². The van der Waals surface area contributed by atoms with E-state index in [1.807, 2.05) is 31.7 Å². The summed E-state index contributed by atoms with van der Waals surface area (Å²) >= 11 is 1.69. The molecule has 0 aliphatic carbocycles. The van der Waals surface area contributed by atoms with Crippen LogP contribution in [0.2, 0.25) is 0 Å². The molecular weight excluding hydrogens is 479 g/mol. The van der Waals surface area contributed by atoms with Gasteiger partial charge in [0.15, 0.2) is 0 Å². The van der Waals surface area contributed by atoms with Gasteiger partial charge in [0.1, 0.15) is 11.4 Å². The van der Waals surface area contributed by atoms with E-state index in [0.29, 0.717) is 39.1 Å². The van der Waals surface area contributed by atoms with Crippen LogP contribution in [-0.4, -0.2) is 65.1 Å². The zero-order valence-electron chi connectivity index (χ0n) is 20.9. The summed E-state index contributed by atoms with van der Waals surface area (Å²) in [5.74, 6) is -0.267. The standard InChI is InChI=1S/C27H31FN4O3S/c1-27(2,3)35-26(34)31-11-9-22-21-7-6-20(14-23(21)36-24(22)16-31)32-13-12-30(17-25(32)33)10-8-19-5-4-18(28)15-29-19/h4-7,14-15H,8-13,16-17H2,1-3H3. The number of anilines is 1. The van der Waals surface area contributed by atoms with Crippen molar-refractivity contribution in [3.05, 3.63) is 58.5 Å². The summed E-state index contributed by atoms with van der Waals surface area (Å²) in [6.45, 7) is 9.30. The van der Waals surface area contributed by atoms with Gasteiger partial charge in [-0.25, -0.2) is 9.18 Å². The van der Waals surface area contributed by atoms with Crippen LogP contribution in [0.25, 0.3) is 10.1 Å². The molecule has 4 heterocycles. The van der Waals surface area contributed by atoms with E-state index in [-0.39, 0.29) is 17.8 Å². The van der Waals surface area contributed by atoms with Crippen molar-refractivity contribution < 1.29 is 18.7 Å². The molecule has 3 aromatic rings. The highest BCUT2D eigenvalue weighted by Crippen LogP contribution is 2.37. The fourth-order valence-corrected chi connectivity index (χ4v) is 6.06. The Hall–Kier alpha value is -3.04. The lowest BCUT2D eigenvalue weighted by Crippen LogP contribution is -2.50. The van der Waals surface area contributed by atoms with Crippen LogP contribution in [0.1, 0.15) is 36.9 Å². The van der Waals surface area contributed by atoms with Crippen molar-refractivity contribution in [3.8, 4) is 0 Å². The molecule has 36 heavy (non-hydrogen) atoms. The molecule has 5 rings (SSSR count). The molecule has 0 unspecified atom stereocenters. The van der Waals surface area contributed by atoms with Crippen molar-refractivity contribution >= 4 is 39.1 Å². The monoisotopic (exact) mass is 510 g/mol. The molecule has 0 bridgehead atoms. The maximum Gasteiger partial charge on any atom is 0.410 e. The number of nitrogens with zero attached hydrogens (tertiary/aromatic N) is 4. The van der Waals surface area contributed by atoms with Gasteiger partial charge in [-0.05, 0) is 62.4 Å². The maximum atomic E-state index is 13.1. The molecule has 0 saturated carbocycles. The number of carbonyl (C=O) groups is 2. The number of carbonyl (C=O) groups excluding carboxylic acids is 2. The Labute approximate surface area is 214 Å². The van der Waals surface area contributed by atoms with Gasteiger partial charge in [0, 0.05) is 53.6 Å². The molecule has 9 heteroatoms. The number of fused-ring (bicyclic) bond motifs is 3. The van der Waals surface area contributed by atoms with E-state index < -0.39 is 5.60 Å². The average Bonchev–Trinajstić information content (AvgIpc) is 3.19. The SMILES string of the molecule is CC(C)(C)OC(=O)N1CCc2c(sc3cc(N4CCN(CCc5ccc(F)cn5)CC4=O)ccc23)C1. The number of pyridine rings is 1. The Bertz CT molecular complexity index is 1280. The molecule has 0 N–H and O–H groups in total. The van der Waals surface area contributed by atoms with Crippen LogP contribution < -0.4 is 4.90 Å². The molecular formula is C27H31FN4O3S. The fourth-order valence-electron chi connectivity index (χ4n) is 4.75.